The predicted molar refractivity (Wildman–Crippen MR) is 95.8 cm³/mol. The molecule has 0 saturated carbocycles. The molecule has 1 atom stereocenters. The number of carbonyl (C=O) groups is 3. The van der Waals surface area contributed by atoms with Gasteiger partial charge in [-0.2, -0.15) is 0 Å². The Morgan fingerprint density at radius 1 is 1.19 bits per heavy atom. The van der Waals surface area contributed by atoms with Crippen molar-refractivity contribution >= 4 is 23.7 Å². The fraction of sp³-hybridized carbons (Fsp3) is 0.389. The third-order valence-corrected chi connectivity index (χ3v) is 3.81. The molecule has 1 aliphatic heterocycles. The minimum absolute atomic E-state index is 0.202. The second kappa shape index (κ2) is 8.37. The fourth-order valence-corrected chi connectivity index (χ4v) is 2.53. The Bertz CT molecular complexity index is 742. The van der Waals surface area contributed by atoms with Crippen LogP contribution >= 0.6 is 0 Å². The number of ether oxygens (including phenoxy) is 2. The van der Waals surface area contributed by atoms with Crippen molar-refractivity contribution in [2.24, 2.45) is 0 Å². The number of urea groups is 1. The normalized spacial score (nSPS) is 16.5. The van der Waals surface area contributed by atoms with Gasteiger partial charge in [0.2, 0.25) is 0 Å². The van der Waals surface area contributed by atoms with E-state index in [1.807, 2.05) is 25.1 Å². The molecule has 0 radical (unpaired) electrons. The minimum Gasteiger partial charge on any atom is -0.463 e. The van der Waals surface area contributed by atoms with Crippen molar-refractivity contribution < 1.29 is 23.9 Å². The van der Waals surface area contributed by atoms with E-state index in [1.54, 1.807) is 32.0 Å². The molecule has 1 aromatic carbocycles. The van der Waals surface area contributed by atoms with Crippen molar-refractivity contribution in [1.29, 1.82) is 0 Å². The summed E-state index contributed by atoms with van der Waals surface area (Å²) < 4.78 is 10.3. The SMILES string of the molecule is CCOC(=O)C1=C(COC(=O)c2cccc(N(C)C)c2)NC(=O)N[C@@H]1C. The van der Waals surface area contributed by atoms with Crippen LogP contribution in [-0.4, -0.2) is 51.3 Å². The van der Waals surface area contributed by atoms with Crippen molar-refractivity contribution in [1.82, 2.24) is 10.6 Å². The maximum Gasteiger partial charge on any atom is 0.338 e. The van der Waals surface area contributed by atoms with E-state index in [0.717, 1.165) is 5.69 Å². The highest BCUT2D eigenvalue weighted by Crippen LogP contribution is 2.17. The van der Waals surface area contributed by atoms with E-state index in [4.69, 9.17) is 9.47 Å². The number of benzene rings is 1. The Balaban J connectivity index is 2.17. The molecule has 0 spiro atoms. The van der Waals surface area contributed by atoms with E-state index in [1.165, 1.54) is 0 Å². The summed E-state index contributed by atoms with van der Waals surface area (Å²) in [5.74, 6) is -1.11. The van der Waals surface area contributed by atoms with Crippen LogP contribution < -0.4 is 15.5 Å². The van der Waals surface area contributed by atoms with Crippen molar-refractivity contribution in [3.8, 4) is 0 Å². The number of rotatable bonds is 6. The maximum absolute atomic E-state index is 12.3. The van der Waals surface area contributed by atoms with Crippen molar-refractivity contribution in [2.75, 3.05) is 32.2 Å². The highest BCUT2D eigenvalue weighted by molar-refractivity contribution is 5.95. The summed E-state index contributed by atoms with van der Waals surface area (Å²) in [5.41, 5.74) is 1.69. The van der Waals surface area contributed by atoms with Gasteiger partial charge in [0.15, 0.2) is 0 Å². The van der Waals surface area contributed by atoms with Gasteiger partial charge in [-0.05, 0) is 32.0 Å². The summed E-state index contributed by atoms with van der Waals surface area (Å²) in [6.07, 6.45) is 0. The first-order chi connectivity index (χ1) is 12.3. The number of nitrogens with one attached hydrogen (secondary N) is 2. The molecule has 0 unspecified atom stereocenters. The van der Waals surface area contributed by atoms with Crippen molar-refractivity contribution in [3.05, 3.63) is 41.1 Å². The van der Waals surface area contributed by atoms with Gasteiger partial charge >= 0.3 is 18.0 Å². The topological polar surface area (TPSA) is 97.0 Å². The smallest absolute Gasteiger partial charge is 0.338 e. The summed E-state index contributed by atoms with van der Waals surface area (Å²) in [4.78, 5) is 38.0. The molecule has 1 aliphatic rings. The van der Waals surface area contributed by atoms with Gasteiger partial charge in [-0.3, -0.25) is 0 Å². The Kier molecular flexibility index (Phi) is 6.21. The van der Waals surface area contributed by atoms with E-state index < -0.39 is 24.0 Å². The zero-order valence-corrected chi connectivity index (χ0v) is 15.3. The zero-order chi connectivity index (χ0) is 19.3. The van der Waals surface area contributed by atoms with Crippen molar-refractivity contribution in [3.63, 3.8) is 0 Å². The molecule has 0 fully saturated rings. The van der Waals surface area contributed by atoms with Gasteiger partial charge in [0.25, 0.3) is 0 Å². The first kappa shape index (κ1) is 19.3. The first-order valence-corrected chi connectivity index (χ1v) is 8.25. The molecule has 0 saturated heterocycles. The molecule has 2 amide bonds. The molecule has 1 heterocycles. The van der Waals surface area contributed by atoms with Crippen LogP contribution in [0.25, 0.3) is 0 Å². The van der Waals surface area contributed by atoms with Gasteiger partial charge in [0.05, 0.1) is 29.5 Å². The molecule has 8 nitrogen and oxygen atoms in total. The second-order valence-corrected chi connectivity index (χ2v) is 5.95. The third-order valence-electron chi connectivity index (χ3n) is 3.81. The van der Waals surface area contributed by atoms with Crippen LogP contribution in [-0.2, 0) is 14.3 Å². The number of carbonyl (C=O) groups excluding carboxylic acids is 3. The number of nitrogens with zero attached hydrogens (tertiary/aromatic N) is 1. The average molecular weight is 361 g/mol. The van der Waals surface area contributed by atoms with Crippen LogP contribution in [0.3, 0.4) is 0 Å². The third kappa shape index (κ3) is 4.53. The summed E-state index contributed by atoms with van der Waals surface area (Å²) in [7, 11) is 3.74. The number of anilines is 1. The van der Waals surface area contributed by atoms with Gasteiger partial charge < -0.3 is 25.0 Å². The summed E-state index contributed by atoms with van der Waals surface area (Å²) in [6, 6.07) is 5.95. The molecule has 8 heteroatoms. The van der Waals surface area contributed by atoms with Gasteiger partial charge in [-0.25, -0.2) is 14.4 Å². The monoisotopic (exact) mass is 361 g/mol. The highest BCUT2D eigenvalue weighted by Gasteiger charge is 2.30. The van der Waals surface area contributed by atoms with Crippen molar-refractivity contribution in [2.45, 2.75) is 19.9 Å². The standard InChI is InChI=1S/C18H23N3O5/c1-5-25-17(23)15-11(2)19-18(24)20-14(15)10-26-16(22)12-7-6-8-13(9-12)21(3)4/h6-9,11H,5,10H2,1-4H3,(H2,19,20,24)/t11-/m1/s1. The lowest BCUT2D eigenvalue weighted by Crippen LogP contribution is -2.50. The molecule has 2 N–H and O–H groups in total. The van der Waals surface area contributed by atoms with Gasteiger partial charge in [-0.1, -0.05) is 6.07 Å². The molecule has 0 bridgehead atoms. The van der Waals surface area contributed by atoms with E-state index in [2.05, 4.69) is 10.6 Å². The number of amides is 2. The molecular weight excluding hydrogens is 338 g/mol. The Hall–Kier alpha value is -3.03. The predicted octanol–water partition coefficient (Wildman–Crippen LogP) is 1.43. The summed E-state index contributed by atoms with van der Waals surface area (Å²) in [5, 5.41) is 5.10. The molecule has 2 rings (SSSR count). The molecule has 140 valence electrons. The zero-order valence-electron chi connectivity index (χ0n) is 15.3. The quantitative estimate of drug-likeness (QED) is 0.744. The van der Waals surface area contributed by atoms with Gasteiger partial charge in [0, 0.05) is 19.8 Å². The van der Waals surface area contributed by atoms with E-state index in [9.17, 15) is 14.4 Å². The van der Waals surface area contributed by atoms with Crippen LogP contribution in [0.1, 0.15) is 24.2 Å². The Morgan fingerprint density at radius 3 is 2.58 bits per heavy atom. The average Bonchev–Trinajstić information content (AvgIpc) is 2.59. The Morgan fingerprint density at radius 2 is 1.92 bits per heavy atom. The maximum atomic E-state index is 12.3. The number of hydrogen-bond acceptors (Lipinski definition) is 6. The Labute approximate surface area is 152 Å². The van der Waals surface area contributed by atoms with Crippen LogP contribution in [0.5, 0.6) is 0 Å². The van der Waals surface area contributed by atoms with Crippen LogP contribution in [0, 0.1) is 0 Å². The largest absolute Gasteiger partial charge is 0.463 e. The molecule has 0 aromatic heterocycles. The van der Waals surface area contributed by atoms with E-state index >= 15 is 0 Å². The molecule has 26 heavy (non-hydrogen) atoms. The molecular formula is C18H23N3O5. The van der Waals surface area contributed by atoms with Gasteiger partial charge in [-0.15, -0.1) is 0 Å². The lowest BCUT2D eigenvalue weighted by atomic mass is 10.0. The van der Waals surface area contributed by atoms with Gasteiger partial charge in [0.1, 0.15) is 6.61 Å². The van der Waals surface area contributed by atoms with E-state index in [0.29, 0.717) is 5.56 Å². The van der Waals surface area contributed by atoms with E-state index in [-0.39, 0.29) is 24.5 Å². The second-order valence-electron chi connectivity index (χ2n) is 5.95. The fourth-order valence-electron chi connectivity index (χ4n) is 2.53. The van der Waals surface area contributed by atoms with Crippen LogP contribution in [0.2, 0.25) is 0 Å². The summed E-state index contributed by atoms with van der Waals surface area (Å²) in [6.45, 7) is 3.31. The first-order valence-electron chi connectivity index (χ1n) is 8.25. The van der Waals surface area contributed by atoms with Crippen LogP contribution in [0.4, 0.5) is 10.5 Å². The number of hydrogen-bond donors (Lipinski definition) is 2. The molecule has 1 aromatic rings. The number of esters is 2. The lowest BCUT2D eigenvalue weighted by Gasteiger charge is -2.26. The molecule has 0 aliphatic carbocycles. The van der Waals surface area contributed by atoms with Crippen LogP contribution in [0.15, 0.2) is 35.5 Å². The minimum atomic E-state index is -0.562. The highest BCUT2D eigenvalue weighted by atomic mass is 16.5. The lowest BCUT2D eigenvalue weighted by molar-refractivity contribution is -0.139. The summed E-state index contributed by atoms with van der Waals surface area (Å²) >= 11 is 0.